The van der Waals surface area contributed by atoms with Crippen LogP contribution in [0, 0.1) is 5.92 Å². The van der Waals surface area contributed by atoms with Gasteiger partial charge in [-0.1, -0.05) is 42.4 Å². The zero-order valence-electron chi connectivity index (χ0n) is 11.2. The van der Waals surface area contributed by atoms with Gasteiger partial charge in [-0.25, -0.2) is 0 Å². The number of rotatable bonds is 3. The fraction of sp³-hybridized carbons (Fsp3) is 0.500. The van der Waals surface area contributed by atoms with Gasteiger partial charge < -0.3 is 4.90 Å². The van der Waals surface area contributed by atoms with Crippen molar-refractivity contribution in [3.05, 3.63) is 47.2 Å². The second-order valence-corrected chi connectivity index (χ2v) is 5.16. The van der Waals surface area contributed by atoms with Gasteiger partial charge in [-0.05, 0) is 31.8 Å². The topological polar surface area (TPSA) is 3.24 Å². The maximum absolute atomic E-state index is 2.39. The predicted molar refractivity (Wildman–Crippen MR) is 74.7 cm³/mol. The Bertz CT molecular complexity index is 394. The lowest BCUT2D eigenvalue weighted by Gasteiger charge is -2.26. The van der Waals surface area contributed by atoms with Crippen molar-refractivity contribution in [2.24, 2.45) is 5.92 Å². The maximum Gasteiger partial charge on any atom is 0.0320 e. The summed E-state index contributed by atoms with van der Waals surface area (Å²) in [5.41, 5.74) is 4.55. The molecule has 0 amide bonds. The highest BCUT2D eigenvalue weighted by Gasteiger charge is 2.17. The van der Waals surface area contributed by atoms with Gasteiger partial charge in [0, 0.05) is 25.7 Å². The maximum atomic E-state index is 2.39. The molecular weight excluding hydrogens is 206 g/mol. The minimum absolute atomic E-state index is 0.638. The fourth-order valence-electron chi connectivity index (χ4n) is 2.57. The molecule has 2 aliphatic rings. The van der Waals surface area contributed by atoms with Gasteiger partial charge in [0.1, 0.15) is 0 Å². The SMILES string of the molecule is CCC1=CC=CC(C2=CC(N(C)C)=CCC2)C1. The molecule has 0 saturated heterocycles. The quantitative estimate of drug-likeness (QED) is 0.705. The highest BCUT2D eigenvalue weighted by atomic mass is 15.1. The van der Waals surface area contributed by atoms with Gasteiger partial charge in [0.25, 0.3) is 0 Å². The Balaban J connectivity index is 2.11. The third kappa shape index (κ3) is 2.91. The Morgan fingerprint density at radius 3 is 2.88 bits per heavy atom. The summed E-state index contributed by atoms with van der Waals surface area (Å²) in [6.45, 7) is 2.25. The molecule has 0 aromatic rings. The highest BCUT2D eigenvalue weighted by Crippen LogP contribution is 2.32. The third-order valence-electron chi connectivity index (χ3n) is 3.72. The van der Waals surface area contributed by atoms with E-state index in [1.807, 2.05) is 0 Å². The predicted octanol–water partition coefficient (Wildman–Crippen LogP) is 4.06. The second kappa shape index (κ2) is 5.39. The summed E-state index contributed by atoms with van der Waals surface area (Å²) in [5, 5.41) is 0. The summed E-state index contributed by atoms with van der Waals surface area (Å²) in [5.74, 6) is 0.638. The molecular formula is C16H23N. The molecule has 0 saturated carbocycles. The number of hydrogen-bond donors (Lipinski definition) is 0. The zero-order chi connectivity index (χ0) is 12.3. The van der Waals surface area contributed by atoms with Crippen LogP contribution in [0.25, 0.3) is 0 Å². The largest absolute Gasteiger partial charge is 0.378 e. The minimum Gasteiger partial charge on any atom is -0.378 e. The molecule has 0 aliphatic heterocycles. The van der Waals surface area contributed by atoms with E-state index in [1.54, 1.807) is 11.1 Å². The number of nitrogens with zero attached hydrogens (tertiary/aromatic N) is 1. The summed E-state index contributed by atoms with van der Waals surface area (Å²) in [4.78, 5) is 2.21. The lowest BCUT2D eigenvalue weighted by atomic mass is 9.83. The van der Waals surface area contributed by atoms with Crippen LogP contribution in [0.5, 0.6) is 0 Å². The first kappa shape index (κ1) is 12.2. The summed E-state index contributed by atoms with van der Waals surface area (Å²) in [6, 6.07) is 0. The summed E-state index contributed by atoms with van der Waals surface area (Å²) < 4.78 is 0. The molecule has 1 atom stereocenters. The van der Waals surface area contributed by atoms with E-state index in [9.17, 15) is 0 Å². The highest BCUT2D eigenvalue weighted by molar-refractivity contribution is 5.33. The van der Waals surface area contributed by atoms with Gasteiger partial charge >= 0.3 is 0 Å². The van der Waals surface area contributed by atoms with E-state index in [-0.39, 0.29) is 0 Å². The van der Waals surface area contributed by atoms with Crippen molar-refractivity contribution < 1.29 is 0 Å². The van der Waals surface area contributed by atoms with Gasteiger partial charge in [0.15, 0.2) is 0 Å². The van der Waals surface area contributed by atoms with Gasteiger partial charge in [-0.3, -0.25) is 0 Å². The lowest BCUT2D eigenvalue weighted by molar-refractivity contribution is 0.517. The smallest absolute Gasteiger partial charge is 0.0320 e. The molecule has 1 unspecified atom stereocenters. The molecule has 0 N–H and O–H groups in total. The van der Waals surface area contributed by atoms with Crippen molar-refractivity contribution in [1.29, 1.82) is 0 Å². The average Bonchev–Trinajstić information content (AvgIpc) is 2.39. The molecule has 1 nitrogen and oxygen atoms in total. The first-order valence-electron chi connectivity index (χ1n) is 6.65. The summed E-state index contributed by atoms with van der Waals surface area (Å²) in [7, 11) is 4.25. The van der Waals surface area contributed by atoms with Crippen LogP contribution >= 0.6 is 0 Å². The first-order chi connectivity index (χ1) is 8.20. The van der Waals surface area contributed by atoms with Gasteiger partial charge in [0.2, 0.25) is 0 Å². The lowest BCUT2D eigenvalue weighted by Crippen LogP contribution is -2.14. The summed E-state index contributed by atoms with van der Waals surface area (Å²) >= 11 is 0. The molecule has 0 fully saturated rings. The van der Waals surface area contributed by atoms with Crippen molar-refractivity contribution in [3.8, 4) is 0 Å². The average molecular weight is 229 g/mol. The molecule has 92 valence electrons. The Morgan fingerprint density at radius 2 is 2.18 bits per heavy atom. The van der Waals surface area contributed by atoms with E-state index in [1.165, 1.54) is 31.4 Å². The normalized spacial score (nSPS) is 23.9. The third-order valence-corrected chi connectivity index (χ3v) is 3.72. The van der Waals surface area contributed by atoms with Crippen LogP contribution in [0.1, 0.15) is 32.6 Å². The van der Waals surface area contributed by atoms with Crippen molar-refractivity contribution in [2.45, 2.75) is 32.6 Å². The molecule has 0 spiro atoms. The Hall–Kier alpha value is -1.24. The van der Waals surface area contributed by atoms with E-state index in [4.69, 9.17) is 0 Å². The van der Waals surface area contributed by atoms with Crippen LogP contribution in [0.3, 0.4) is 0 Å². The molecule has 0 bridgehead atoms. The van der Waals surface area contributed by atoms with Crippen molar-refractivity contribution >= 4 is 0 Å². The molecule has 0 radical (unpaired) electrons. The minimum atomic E-state index is 0.638. The van der Waals surface area contributed by atoms with Crippen molar-refractivity contribution in [3.63, 3.8) is 0 Å². The molecule has 0 aromatic carbocycles. The molecule has 0 aromatic heterocycles. The van der Waals surface area contributed by atoms with E-state index in [0.29, 0.717) is 5.92 Å². The van der Waals surface area contributed by atoms with Crippen LogP contribution in [0.4, 0.5) is 0 Å². The number of likely N-dealkylation sites (N-methyl/N-ethyl adjacent to an activating group) is 1. The number of allylic oxidation sites excluding steroid dienone is 7. The van der Waals surface area contributed by atoms with Crippen molar-refractivity contribution in [2.75, 3.05) is 14.1 Å². The van der Waals surface area contributed by atoms with Gasteiger partial charge in [-0.2, -0.15) is 0 Å². The van der Waals surface area contributed by atoms with Crippen LogP contribution in [0.2, 0.25) is 0 Å². The molecule has 17 heavy (non-hydrogen) atoms. The molecule has 2 aliphatic carbocycles. The Kier molecular flexibility index (Phi) is 3.88. The Morgan fingerprint density at radius 1 is 1.35 bits per heavy atom. The van der Waals surface area contributed by atoms with Crippen molar-refractivity contribution in [1.82, 2.24) is 4.90 Å². The van der Waals surface area contributed by atoms with E-state index in [2.05, 4.69) is 56.3 Å². The van der Waals surface area contributed by atoms with E-state index >= 15 is 0 Å². The van der Waals surface area contributed by atoms with E-state index in [0.717, 1.165) is 0 Å². The Labute approximate surface area is 105 Å². The van der Waals surface area contributed by atoms with E-state index < -0.39 is 0 Å². The monoisotopic (exact) mass is 229 g/mol. The standard InChI is InChI=1S/C16H23N/c1-4-13-7-5-8-14(11-13)15-9-6-10-16(12-15)17(2)3/h5,7-8,10,12,14H,4,6,9,11H2,1-3H3. The molecule has 1 heteroatoms. The number of hydrogen-bond acceptors (Lipinski definition) is 1. The molecule has 0 heterocycles. The van der Waals surface area contributed by atoms with Crippen LogP contribution < -0.4 is 0 Å². The van der Waals surface area contributed by atoms with Gasteiger partial charge in [0.05, 0.1) is 0 Å². The molecule has 2 rings (SSSR count). The fourth-order valence-corrected chi connectivity index (χ4v) is 2.57. The van der Waals surface area contributed by atoms with Crippen LogP contribution in [-0.2, 0) is 0 Å². The van der Waals surface area contributed by atoms with Gasteiger partial charge in [-0.15, -0.1) is 0 Å². The first-order valence-corrected chi connectivity index (χ1v) is 6.65. The summed E-state index contributed by atoms with van der Waals surface area (Å²) in [6.07, 6.45) is 16.4. The second-order valence-electron chi connectivity index (χ2n) is 5.16. The zero-order valence-corrected chi connectivity index (χ0v) is 11.2. The van der Waals surface area contributed by atoms with Crippen LogP contribution in [-0.4, -0.2) is 19.0 Å². The van der Waals surface area contributed by atoms with Crippen LogP contribution in [0.15, 0.2) is 47.2 Å².